The number of primary sulfonamides is 1. The second kappa shape index (κ2) is 10.6. The predicted molar refractivity (Wildman–Crippen MR) is 107 cm³/mol. The fourth-order valence-corrected chi connectivity index (χ4v) is 2.97. The molecule has 156 valence electrons. The maximum Gasteiger partial charge on any atom is 0.340 e. The number of nitrogens with one attached hydrogen (secondary N) is 2. The molecule has 0 saturated carbocycles. The number of carbonyl (C=O) groups is 2. The van der Waals surface area contributed by atoms with Gasteiger partial charge in [0, 0.05) is 18.8 Å². The number of carbonyl (C=O) groups excluding carboxylic acids is 2. The fraction of sp³-hybridized carbons (Fsp3) is 0.263. The van der Waals surface area contributed by atoms with E-state index in [2.05, 4.69) is 10.6 Å². The Morgan fingerprint density at radius 2 is 1.72 bits per heavy atom. The Morgan fingerprint density at radius 1 is 1.03 bits per heavy atom. The highest BCUT2D eigenvalue weighted by Crippen LogP contribution is 2.15. The summed E-state index contributed by atoms with van der Waals surface area (Å²) in [6.07, 6.45) is 0.471. The Bertz CT molecular complexity index is 945. The SMILES string of the molecule is NS(=O)(=O)c1ccc(CCNC(=O)COC(=O)c2ccccc2NCCO)cc1. The van der Waals surface area contributed by atoms with E-state index in [4.69, 9.17) is 15.0 Å². The van der Waals surface area contributed by atoms with Gasteiger partial charge in [0.05, 0.1) is 17.1 Å². The molecule has 0 radical (unpaired) electrons. The average molecular weight is 421 g/mol. The van der Waals surface area contributed by atoms with Gasteiger partial charge in [0.25, 0.3) is 5.91 Å². The number of aliphatic hydroxyl groups excluding tert-OH is 1. The Kier molecular flexibility index (Phi) is 8.13. The van der Waals surface area contributed by atoms with Gasteiger partial charge in [0.15, 0.2) is 6.61 Å². The summed E-state index contributed by atoms with van der Waals surface area (Å²) in [5, 5.41) is 19.4. The Balaban J connectivity index is 1.78. The third-order valence-corrected chi connectivity index (χ3v) is 4.83. The summed E-state index contributed by atoms with van der Waals surface area (Å²) < 4.78 is 27.5. The minimum Gasteiger partial charge on any atom is -0.452 e. The van der Waals surface area contributed by atoms with E-state index in [1.165, 1.54) is 12.1 Å². The molecule has 0 aromatic heterocycles. The van der Waals surface area contributed by atoms with E-state index in [9.17, 15) is 18.0 Å². The highest BCUT2D eigenvalue weighted by molar-refractivity contribution is 7.89. The molecule has 0 unspecified atom stereocenters. The molecule has 2 aromatic rings. The molecule has 2 aromatic carbocycles. The largest absolute Gasteiger partial charge is 0.452 e. The second-order valence-electron chi connectivity index (χ2n) is 6.06. The summed E-state index contributed by atoms with van der Waals surface area (Å²) in [5.41, 5.74) is 1.59. The molecule has 0 fully saturated rings. The predicted octanol–water partition coefficient (Wildman–Crippen LogP) is 0.254. The third-order valence-electron chi connectivity index (χ3n) is 3.90. The summed E-state index contributed by atoms with van der Waals surface area (Å²) in [6.45, 7) is 0.0524. The number of benzene rings is 2. The molecule has 0 heterocycles. The van der Waals surface area contributed by atoms with Gasteiger partial charge in [0.2, 0.25) is 10.0 Å². The van der Waals surface area contributed by atoms with Crippen LogP contribution in [0.1, 0.15) is 15.9 Å². The molecule has 0 bridgehead atoms. The van der Waals surface area contributed by atoms with Crippen LogP contribution in [0.5, 0.6) is 0 Å². The first-order valence-electron chi connectivity index (χ1n) is 8.80. The smallest absolute Gasteiger partial charge is 0.340 e. The summed E-state index contributed by atoms with van der Waals surface area (Å²) in [5.74, 6) is -1.11. The van der Waals surface area contributed by atoms with E-state index in [0.29, 0.717) is 18.7 Å². The molecule has 0 spiro atoms. The maximum atomic E-state index is 12.2. The van der Waals surface area contributed by atoms with Crippen LogP contribution in [-0.2, 0) is 26.0 Å². The highest BCUT2D eigenvalue weighted by atomic mass is 32.2. The number of amides is 1. The van der Waals surface area contributed by atoms with E-state index in [-0.39, 0.29) is 23.6 Å². The number of hydrogen-bond acceptors (Lipinski definition) is 7. The third kappa shape index (κ3) is 7.18. The van der Waals surface area contributed by atoms with Crippen molar-refractivity contribution in [2.24, 2.45) is 5.14 Å². The average Bonchev–Trinajstić information content (AvgIpc) is 2.70. The number of para-hydroxylation sites is 1. The first-order chi connectivity index (χ1) is 13.8. The van der Waals surface area contributed by atoms with Crippen molar-refractivity contribution >= 4 is 27.6 Å². The van der Waals surface area contributed by atoms with Gasteiger partial charge < -0.3 is 20.5 Å². The number of nitrogens with two attached hydrogens (primary N) is 1. The Morgan fingerprint density at radius 3 is 2.38 bits per heavy atom. The number of hydrogen-bond donors (Lipinski definition) is 4. The quantitative estimate of drug-likeness (QED) is 0.402. The van der Waals surface area contributed by atoms with Gasteiger partial charge in [-0.3, -0.25) is 4.79 Å². The van der Waals surface area contributed by atoms with Gasteiger partial charge in [0.1, 0.15) is 0 Å². The van der Waals surface area contributed by atoms with Crippen molar-refractivity contribution in [1.82, 2.24) is 5.32 Å². The zero-order chi connectivity index (χ0) is 21.3. The standard InChI is InChI=1S/C19H23N3O6S/c20-29(26,27)15-7-5-14(6-8-15)9-10-22-18(24)13-28-19(25)16-3-1-2-4-17(16)21-11-12-23/h1-8,21,23H,9-13H2,(H,22,24)(H2,20,26,27). The van der Waals surface area contributed by atoms with Crippen molar-refractivity contribution in [2.45, 2.75) is 11.3 Å². The minimum absolute atomic E-state index is 0.0194. The second-order valence-corrected chi connectivity index (χ2v) is 7.62. The first kappa shape index (κ1) is 22.3. The molecule has 0 atom stereocenters. The number of rotatable bonds is 10. The zero-order valence-electron chi connectivity index (χ0n) is 15.6. The first-order valence-corrected chi connectivity index (χ1v) is 10.3. The summed E-state index contributed by atoms with van der Waals surface area (Å²) >= 11 is 0. The normalized spacial score (nSPS) is 11.0. The summed E-state index contributed by atoms with van der Waals surface area (Å²) in [7, 11) is -3.74. The molecule has 9 nitrogen and oxygen atoms in total. The van der Waals surface area contributed by atoms with Crippen LogP contribution in [0.2, 0.25) is 0 Å². The molecule has 0 aliphatic carbocycles. The van der Waals surface area contributed by atoms with E-state index >= 15 is 0 Å². The fourth-order valence-electron chi connectivity index (χ4n) is 2.46. The van der Waals surface area contributed by atoms with Crippen molar-refractivity contribution in [3.05, 3.63) is 59.7 Å². The van der Waals surface area contributed by atoms with Crippen molar-refractivity contribution in [3.8, 4) is 0 Å². The van der Waals surface area contributed by atoms with Crippen LogP contribution in [0.4, 0.5) is 5.69 Å². The van der Waals surface area contributed by atoms with Crippen LogP contribution in [0.15, 0.2) is 53.4 Å². The molecule has 29 heavy (non-hydrogen) atoms. The molecular weight excluding hydrogens is 398 g/mol. The van der Waals surface area contributed by atoms with Gasteiger partial charge in [-0.25, -0.2) is 18.4 Å². The van der Waals surface area contributed by atoms with Crippen molar-refractivity contribution in [3.63, 3.8) is 0 Å². The van der Waals surface area contributed by atoms with E-state index in [1.807, 2.05) is 0 Å². The number of aliphatic hydroxyl groups is 1. The van der Waals surface area contributed by atoms with Gasteiger partial charge in [-0.15, -0.1) is 0 Å². The monoisotopic (exact) mass is 421 g/mol. The minimum atomic E-state index is -3.74. The van der Waals surface area contributed by atoms with Crippen LogP contribution >= 0.6 is 0 Å². The van der Waals surface area contributed by atoms with Crippen LogP contribution in [0.3, 0.4) is 0 Å². The lowest BCUT2D eigenvalue weighted by molar-refractivity contribution is -0.124. The van der Waals surface area contributed by atoms with E-state index in [1.54, 1.807) is 36.4 Å². The maximum absolute atomic E-state index is 12.2. The van der Waals surface area contributed by atoms with Crippen LogP contribution in [0.25, 0.3) is 0 Å². The number of esters is 1. The van der Waals surface area contributed by atoms with Gasteiger partial charge >= 0.3 is 5.97 Å². The van der Waals surface area contributed by atoms with Crippen LogP contribution in [-0.4, -0.2) is 51.7 Å². The lowest BCUT2D eigenvalue weighted by atomic mass is 10.1. The van der Waals surface area contributed by atoms with Gasteiger partial charge in [-0.05, 0) is 36.2 Å². The summed E-state index contributed by atoms with van der Waals surface area (Å²) in [4.78, 5) is 24.1. The zero-order valence-corrected chi connectivity index (χ0v) is 16.4. The number of anilines is 1. The molecule has 0 saturated heterocycles. The molecule has 1 amide bonds. The van der Waals surface area contributed by atoms with Crippen molar-refractivity contribution in [2.75, 3.05) is 31.6 Å². The lowest BCUT2D eigenvalue weighted by Gasteiger charge is -2.11. The van der Waals surface area contributed by atoms with E-state index in [0.717, 1.165) is 5.56 Å². The van der Waals surface area contributed by atoms with Crippen molar-refractivity contribution < 1.29 is 27.9 Å². The molecule has 0 aliphatic rings. The lowest BCUT2D eigenvalue weighted by Crippen LogP contribution is -2.30. The molecule has 0 aliphatic heterocycles. The van der Waals surface area contributed by atoms with Crippen LogP contribution in [0, 0.1) is 0 Å². The molecule has 2 rings (SSSR count). The number of sulfonamides is 1. The molecule has 10 heteroatoms. The van der Waals surface area contributed by atoms with Crippen LogP contribution < -0.4 is 15.8 Å². The van der Waals surface area contributed by atoms with Gasteiger partial charge in [-0.2, -0.15) is 0 Å². The highest BCUT2D eigenvalue weighted by Gasteiger charge is 2.14. The topological polar surface area (TPSA) is 148 Å². The van der Waals surface area contributed by atoms with E-state index < -0.39 is 28.5 Å². The Hall–Kier alpha value is -2.95. The van der Waals surface area contributed by atoms with Crippen molar-refractivity contribution in [1.29, 1.82) is 0 Å². The Labute approximate surface area is 168 Å². The summed E-state index contributed by atoms with van der Waals surface area (Å²) in [6, 6.07) is 12.7. The number of ether oxygens (including phenoxy) is 1. The molecule has 5 N–H and O–H groups in total. The van der Waals surface area contributed by atoms with Gasteiger partial charge in [-0.1, -0.05) is 24.3 Å². The molecular formula is C19H23N3O6S.